The Morgan fingerprint density at radius 3 is 1.12 bits per heavy atom. The van der Waals surface area contributed by atoms with Crippen LogP contribution >= 0.6 is 24.8 Å². The molecule has 0 saturated heterocycles. The molecule has 0 aliphatic heterocycles. The van der Waals surface area contributed by atoms with E-state index in [0.717, 1.165) is 0 Å². The normalized spacial score (nSPS) is 15.2. The Morgan fingerprint density at radius 2 is 0.833 bits per heavy atom. The predicted molar refractivity (Wildman–Crippen MR) is 279 cm³/mol. The summed E-state index contributed by atoms with van der Waals surface area (Å²) in [4.78, 5) is 0. The summed E-state index contributed by atoms with van der Waals surface area (Å²) in [5.41, 5.74) is 9.68. The van der Waals surface area contributed by atoms with Gasteiger partial charge >= 0.3 is 30.2 Å². The Kier molecular flexibility index (Phi) is 21.0. The molecule has 8 rings (SSSR count). The van der Waals surface area contributed by atoms with Gasteiger partial charge in [-0.15, -0.1) is 93.9 Å². The molecule has 0 nitrogen and oxygen atoms in total. The molecule has 0 spiro atoms. The molecule has 2 aliphatic rings. The average Bonchev–Trinajstić information content (AvgIpc) is 4.02. The first kappa shape index (κ1) is 54.3. The van der Waals surface area contributed by atoms with Crippen molar-refractivity contribution >= 4 is 79.8 Å². The van der Waals surface area contributed by atoms with Crippen LogP contribution in [-0.4, -0.2) is 23.0 Å². The Hall–Kier alpha value is -1.79. The van der Waals surface area contributed by atoms with Crippen molar-refractivity contribution in [3.8, 4) is 22.3 Å². The van der Waals surface area contributed by atoms with Crippen LogP contribution in [0.2, 0.25) is 39.3 Å². The summed E-state index contributed by atoms with van der Waals surface area (Å²) in [6.45, 7) is 22.3. The van der Waals surface area contributed by atoms with E-state index in [2.05, 4.69) is 169 Å². The fraction of sp³-hybridized carbons (Fsp3) is 0.407. The van der Waals surface area contributed by atoms with Gasteiger partial charge in [0.25, 0.3) is 0 Å². The summed E-state index contributed by atoms with van der Waals surface area (Å²) in [7, 11) is -2.48. The molecule has 6 aromatic rings. The van der Waals surface area contributed by atoms with E-state index in [1.807, 2.05) is 0 Å². The van der Waals surface area contributed by atoms with E-state index < -0.39 is 16.1 Å². The van der Waals surface area contributed by atoms with Crippen molar-refractivity contribution in [1.82, 2.24) is 0 Å². The molecule has 0 unspecified atom stereocenters. The molecular weight excluding hydrogens is 895 g/mol. The van der Waals surface area contributed by atoms with Gasteiger partial charge < -0.3 is 14.9 Å². The van der Waals surface area contributed by atoms with Crippen LogP contribution in [0.4, 0.5) is 0 Å². The van der Waals surface area contributed by atoms with Gasteiger partial charge in [0, 0.05) is 0 Å². The number of hydrogen-bond acceptors (Lipinski definition) is 0. The van der Waals surface area contributed by atoms with Gasteiger partial charge in [-0.05, 0) is 60.5 Å². The third-order valence-electron chi connectivity index (χ3n) is 13.7. The third-order valence-corrected chi connectivity index (χ3v) is 17.9. The first-order valence-corrected chi connectivity index (χ1v) is 32.8. The summed E-state index contributed by atoms with van der Waals surface area (Å²) in [6.07, 6.45) is 16.5. The average molecular weight is 970 g/mol. The van der Waals surface area contributed by atoms with E-state index in [1.54, 1.807) is 11.1 Å². The van der Waals surface area contributed by atoms with Crippen molar-refractivity contribution in [3.63, 3.8) is 0 Å². The van der Waals surface area contributed by atoms with Gasteiger partial charge in [-0.2, -0.15) is 12.1 Å². The minimum absolute atomic E-state index is 0. The molecule has 324 valence electrons. The van der Waals surface area contributed by atoms with E-state index in [0.29, 0.717) is 10.8 Å². The molecule has 2 aliphatic carbocycles. The Morgan fingerprint density at radius 1 is 0.517 bits per heavy atom. The van der Waals surface area contributed by atoms with Crippen LogP contribution in [-0.2, 0) is 36.2 Å². The predicted octanol–water partition coefficient (Wildman–Crippen LogP) is 15.9. The summed E-state index contributed by atoms with van der Waals surface area (Å²) >= 11 is 1.36. The molecule has 6 heteroatoms. The molecule has 0 heterocycles. The fourth-order valence-electron chi connectivity index (χ4n) is 10.0. The molecule has 0 atom stereocenters. The Bertz CT molecular complexity index is 2030. The molecule has 2 saturated carbocycles. The molecule has 0 bridgehead atoms. The number of fused-ring (bicyclic) bond motifs is 2. The van der Waals surface area contributed by atoms with Crippen molar-refractivity contribution < 1.29 is 23.3 Å². The third kappa shape index (κ3) is 12.7. The van der Waals surface area contributed by atoms with E-state index in [-0.39, 0.29) is 39.7 Å². The second kappa shape index (κ2) is 23.2. The molecule has 0 aromatic heterocycles. The van der Waals surface area contributed by atoms with Crippen molar-refractivity contribution in [2.24, 2.45) is 10.8 Å². The van der Waals surface area contributed by atoms with Gasteiger partial charge in [-0.25, -0.2) is 0 Å². The topological polar surface area (TPSA) is 0 Å². The summed E-state index contributed by atoms with van der Waals surface area (Å²) in [5.74, 6) is 0. The zero-order chi connectivity index (χ0) is 40.1. The van der Waals surface area contributed by atoms with E-state index in [4.69, 9.17) is 0 Å². The second-order valence-electron chi connectivity index (χ2n) is 19.5. The first-order chi connectivity index (χ1) is 26.8. The molecular formula is C54H74Cl2Si3Zr-4. The van der Waals surface area contributed by atoms with Crippen LogP contribution in [0.1, 0.15) is 89.2 Å². The van der Waals surface area contributed by atoms with E-state index >= 15 is 0 Å². The summed E-state index contributed by atoms with van der Waals surface area (Å²) in [6, 6.07) is 42.2. The van der Waals surface area contributed by atoms with Gasteiger partial charge in [0.1, 0.15) is 0 Å². The zero-order valence-corrected chi connectivity index (χ0v) is 45.8. The van der Waals surface area contributed by atoms with Crippen LogP contribution in [0.15, 0.2) is 109 Å². The molecule has 0 amide bonds. The monoisotopic (exact) mass is 966 g/mol. The standard InChI is InChI=1S/2C26H33Si.2CH3.2ClH.Si.Zr/c2*1-5-26(15-6-7-16-26)19-20-17-22-9-8-10-24(25(22)18-20)21-11-13-23(14-12-21)27(2,3)4;;;;;;/h2*8-14,17-18H,5-7,15-16,19H2,1-4H3;2*1H3;2*1H;;/q4*-1;;;;. The number of hydrogen-bond donors (Lipinski definition) is 0. The van der Waals surface area contributed by atoms with Gasteiger partial charge in [0.05, 0.1) is 16.1 Å². The number of halogens is 2. The number of rotatable bonds is 10. The van der Waals surface area contributed by atoms with Crippen molar-refractivity contribution in [3.05, 3.63) is 135 Å². The summed E-state index contributed by atoms with van der Waals surface area (Å²) < 4.78 is 0. The Labute approximate surface area is 398 Å². The fourth-order valence-corrected chi connectivity index (χ4v) is 12.4. The maximum atomic E-state index is 3.06. The molecule has 2 radical (unpaired) electrons. The molecule has 2 fully saturated rings. The van der Waals surface area contributed by atoms with E-state index in [1.165, 1.54) is 155 Å². The molecule has 0 N–H and O–H groups in total. The van der Waals surface area contributed by atoms with Crippen LogP contribution < -0.4 is 10.4 Å². The van der Waals surface area contributed by atoms with Crippen molar-refractivity contribution in [1.29, 1.82) is 0 Å². The van der Waals surface area contributed by atoms with Crippen LogP contribution in [0.25, 0.3) is 43.8 Å². The minimum atomic E-state index is -1.24. The second-order valence-corrected chi connectivity index (χ2v) is 29.6. The summed E-state index contributed by atoms with van der Waals surface area (Å²) in [5, 5.41) is 8.73. The van der Waals surface area contributed by atoms with Gasteiger partial charge in [0.2, 0.25) is 0 Å². The van der Waals surface area contributed by atoms with Gasteiger partial charge in [-0.1, -0.05) is 174 Å². The Balaban J connectivity index is 0.000000373. The first-order valence-electron chi connectivity index (χ1n) is 21.6. The SMILES string of the molecule is CCC1(Cc2cc3c(-c4ccc([Si](C)(C)C)cc4)cccc3[cH-]2)CCCC1.CCC1(Cc2cc3c(-c4ccc([Si](C)(C)C)cc4)cccc3[cH-]2)CCCC1.Cl.Cl.[CH3-].[CH3-].[Si]=[Zr]. The van der Waals surface area contributed by atoms with E-state index in [9.17, 15) is 0 Å². The zero-order valence-electron chi connectivity index (χ0n) is 38.7. The van der Waals surface area contributed by atoms with Gasteiger partial charge in [0.15, 0.2) is 0 Å². The van der Waals surface area contributed by atoms with Crippen LogP contribution in [0.5, 0.6) is 0 Å². The van der Waals surface area contributed by atoms with Gasteiger partial charge in [-0.3, -0.25) is 0 Å². The van der Waals surface area contributed by atoms with Crippen molar-refractivity contribution in [2.75, 3.05) is 0 Å². The van der Waals surface area contributed by atoms with Crippen LogP contribution in [0, 0.1) is 25.7 Å². The number of benzene rings is 4. The quantitative estimate of drug-likeness (QED) is 0.0948. The maximum absolute atomic E-state index is 3.06. The van der Waals surface area contributed by atoms with Crippen molar-refractivity contribution in [2.45, 2.75) is 130 Å². The van der Waals surface area contributed by atoms with Crippen LogP contribution in [0.3, 0.4) is 0 Å². The molecule has 6 aromatic carbocycles. The molecule has 60 heavy (non-hydrogen) atoms.